The number of rotatable bonds is 9. The Bertz CT molecular complexity index is 857. The van der Waals surface area contributed by atoms with Crippen LogP contribution >= 0.6 is 31.1 Å². The topological polar surface area (TPSA) is 55.8 Å². The van der Waals surface area contributed by atoms with E-state index < -0.39 is 11.4 Å². The van der Waals surface area contributed by atoms with Crippen LogP contribution in [0.3, 0.4) is 0 Å². The van der Waals surface area contributed by atoms with Crippen LogP contribution in [0.15, 0.2) is 66.7 Å². The summed E-state index contributed by atoms with van der Waals surface area (Å²) >= 11 is 3.26. The second kappa shape index (κ2) is 10.9. The lowest BCUT2D eigenvalue weighted by molar-refractivity contribution is 0.214. The highest BCUT2D eigenvalue weighted by molar-refractivity contribution is 8.25. The first kappa shape index (κ1) is 23.5. The van der Waals surface area contributed by atoms with Crippen LogP contribution in [0.4, 0.5) is 0 Å². The van der Waals surface area contributed by atoms with Gasteiger partial charge in [0.25, 0.3) is 0 Å². The molecule has 1 unspecified atom stereocenters. The zero-order valence-corrected chi connectivity index (χ0v) is 19.9. The normalized spacial score (nSPS) is 18.1. The summed E-state index contributed by atoms with van der Waals surface area (Å²) in [5.74, 6) is 1.52. The third-order valence-electron chi connectivity index (χ3n) is 4.83. The Balaban J connectivity index is 2.18. The standard InChI is InChI=1S/C23H29O4PS2/c1-3-26-28(25,27-4-2)23(29-16-11-17-30-23)21(19-12-7-5-8-13-19)18-22(24)20-14-9-6-10-15-20/h5-10,12-15,18,21,24H,3-4,11,16-17H2,1-2H3/b22-18-. The van der Waals surface area contributed by atoms with Crippen LogP contribution in [0.5, 0.6) is 0 Å². The molecule has 1 saturated heterocycles. The molecule has 4 nitrogen and oxygen atoms in total. The maximum Gasteiger partial charge on any atom is 0.357 e. The molecule has 0 aromatic heterocycles. The lowest BCUT2D eigenvalue weighted by Crippen LogP contribution is -2.34. The number of aliphatic hydroxyl groups is 1. The molecule has 2 aromatic carbocycles. The van der Waals surface area contributed by atoms with Gasteiger partial charge in [0.2, 0.25) is 0 Å². The fraction of sp³-hybridized carbons (Fsp3) is 0.391. The first-order valence-corrected chi connectivity index (χ1v) is 13.8. The van der Waals surface area contributed by atoms with Crippen LogP contribution in [0.1, 0.15) is 37.3 Å². The molecule has 2 aromatic rings. The van der Waals surface area contributed by atoms with Crippen LogP contribution in [0.2, 0.25) is 0 Å². The Hall–Kier alpha value is -1.17. The van der Waals surface area contributed by atoms with E-state index in [1.807, 2.05) is 80.6 Å². The highest BCUT2D eigenvalue weighted by atomic mass is 32.2. The van der Waals surface area contributed by atoms with E-state index in [0.717, 1.165) is 29.1 Å². The van der Waals surface area contributed by atoms with Gasteiger partial charge in [-0.3, -0.25) is 4.57 Å². The largest absolute Gasteiger partial charge is 0.508 e. The predicted molar refractivity (Wildman–Crippen MR) is 129 cm³/mol. The van der Waals surface area contributed by atoms with Crippen molar-refractivity contribution in [3.63, 3.8) is 0 Å². The summed E-state index contributed by atoms with van der Waals surface area (Å²) in [7, 11) is -3.52. The molecule has 7 heteroatoms. The molecule has 1 aliphatic rings. The SMILES string of the molecule is CCOP(=O)(OCC)C1(C(/C=C(\O)c2ccccc2)c2ccccc2)SCCCS1. The van der Waals surface area contributed by atoms with Crippen LogP contribution in [-0.4, -0.2) is 33.6 Å². The molecule has 1 aliphatic heterocycles. The minimum atomic E-state index is -3.52. The smallest absolute Gasteiger partial charge is 0.357 e. The van der Waals surface area contributed by atoms with Crippen molar-refractivity contribution >= 4 is 36.9 Å². The molecule has 0 radical (unpaired) electrons. The van der Waals surface area contributed by atoms with Gasteiger partial charge in [0.15, 0.2) is 3.82 Å². The molecule has 30 heavy (non-hydrogen) atoms. The Labute approximate surface area is 188 Å². The van der Waals surface area contributed by atoms with Gasteiger partial charge >= 0.3 is 7.60 Å². The van der Waals surface area contributed by atoms with Gasteiger partial charge in [0, 0.05) is 11.5 Å². The van der Waals surface area contributed by atoms with Crippen molar-refractivity contribution in [1.29, 1.82) is 0 Å². The van der Waals surface area contributed by atoms with Crippen LogP contribution < -0.4 is 0 Å². The highest BCUT2D eigenvalue weighted by Gasteiger charge is 2.58. The highest BCUT2D eigenvalue weighted by Crippen LogP contribution is 2.75. The first-order chi connectivity index (χ1) is 14.6. The second-order valence-corrected chi connectivity index (χ2v) is 12.6. The number of hydrogen-bond donors (Lipinski definition) is 1. The average Bonchev–Trinajstić information content (AvgIpc) is 2.79. The van der Waals surface area contributed by atoms with E-state index in [4.69, 9.17) is 9.05 Å². The Morgan fingerprint density at radius 3 is 2.10 bits per heavy atom. The van der Waals surface area contributed by atoms with E-state index in [-0.39, 0.29) is 11.7 Å². The fourth-order valence-electron chi connectivity index (χ4n) is 3.54. The first-order valence-electron chi connectivity index (χ1n) is 10.2. The molecule has 1 heterocycles. The molecule has 1 N–H and O–H groups in total. The zero-order chi connectivity index (χ0) is 21.5. The van der Waals surface area contributed by atoms with Gasteiger partial charge in [0.1, 0.15) is 5.76 Å². The van der Waals surface area contributed by atoms with Crippen molar-refractivity contribution in [2.45, 2.75) is 30.0 Å². The summed E-state index contributed by atoms with van der Waals surface area (Å²) < 4.78 is 25.1. The maximum atomic E-state index is 14.2. The minimum Gasteiger partial charge on any atom is -0.508 e. The number of allylic oxidation sites excluding steroid dienone is 1. The van der Waals surface area contributed by atoms with E-state index in [0.29, 0.717) is 13.2 Å². The van der Waals surface area contributed by atoms with Crippen molar-refractivity contribution in [3.05, 3.63) is 77.9 Å². The van der Waals surface area contributed by atoms with E-state index in [9.17, 15) is 9.67 Å². The third-order valence-corrected chi connectivity index (χ3v) is 12.2. The minimum absolute atomic E-state index is 0.162. The van der Waals surface area contributed by atoms with Gasteiger partial charge in [-0.1, -0.05) is 60.7 Å². The van der Waals surface area contributed by atoms with Crippen molar-refractivity contribution in [3.8, 4) is 0 Å². The summed E-state index contributed by atoms with van der Waals surface area (Å²) in [5, 5.41) is 11.0. The molecule has 162 valence electrons. The molecule has 0 saturated carbocycles. The molecule has 3 rings (SSSR count). The lowest BCUT2D eigenvalue weighted by Gasteiger charge is -2.44. The molecular formula is C23H29O4PS2. The molecular weight excluding hydrogens is 435 g/mol. The van der Waals surface area contributed by atoms with Crippen molar-refractivity contribution in [1.82, 2.24) is 0 Å². The van der Waals surface area contributed by atoms with E-state index >= 15 is 0 Å². The van der Waals surface area contributed by atoms with E-state index in [1.165, 1.54) is 0 Å². The number of benzene rings is 2. The Morgan fingerprint density at radius 2 is 1.57 bits per heavy atom. The lowest BCUT2D eigenvalue weighted by atomic mass is 9.98. The summed E-state index contributed by atoms with van der Waals surface area (Å²) in [6.07, 6.45) is 2.85. The quantitative estimate of drug-likeness (QED) is 0.314. The summed E-state index contributed by atoms with van der Waals surface area (Å²) in [6, 6.07) is 19.3. The van der Waals surface area contributed by atoms with Crippen LogP contribution in [0.25, 0.3) is 5.76 Å². The van der Waals surface area contributed by atoms with Gasteiger partial charge in [-0.15, -0.1) is 23.5 Å². The Kier molecular flexibility index (Phi) is 8.55. The van der Waals surface area contributed by atoms with Crippen molar-refractivity contribution in [2.75, 3.05) is 24.7 Å². The monoisotopic (exact) mass is 464 g/mol. The van der Waals surface area contributed by atoms with Gasteiger partial charge < -0.3 is 14.2 Å². The molecule has 0 aliphatic carbocycles. The molecule has 1 atom stereocenters. The van der Waals surface area contributed by atoms with E-state index in [2.05, 4.69) is 0 Å². The van der Waals surface area contributed by atoms with Crippen LogP contribution in [0, 0.1) is 0 Å². The fourth-order valence-corrected chi connectivity index (χ4v) is 10.6. The van der Waals surface area contributed by atoms with Gasteiger partial charge in [-0.05, 0) is 43.4 Å². The second-order valence-electron chi connectivity index (χ2n) is 6.82. The molecule has 0 amide bonds. The number of aliphatic hydroxyl groups excluding tert-OH is 1. The Morgan fingerprint density at radius 1 is 1.03 bits per heavy atom. The van der Waals surface area contributed by atoms with E-state index in [1.54, 1.807) is 23.5 Å². The van der Waals surface area contributed by atoms with Crippen molar-refractivity contribution < 1.29 is 18.7 Å². The summed E-state index contributed by atoms with van der Waals surface area (Å²) in [5.41, 5.74) is 1.70. The van der Waals surface area contributed by atoms with Crippen molar-refractivity contribution in [2.24, 2.45) is 0 Å². The zero-order valence-electron chi connectivity index (χ0n) is 17.4. The summed E-state index contributed by atoms with van der Waals surface area (Å²) in [6.45, 7) is 4.28. The third kappa shape index (κ3) is 5.00. The molecule has 1 fully saturated rings. The van der Waals surface area contributed by atoms with Gasteiger partial charge in [-0.2, -0.15) is 0 Å². The van der Waals surface area contributed by atoms with Gasteiger partial charge in [-0.25, -0.2) is 0 Å². The predicted octanol–water partition coefficient (Wildman–Crippen LogP) is 7.16. The molecule has 0 bridgehead atoms. The molecule has 0 spiro atoms. The maximum absolute atomic E-state index is 14.2. The average molecular weight is 465 g/mol. The number of thioether (sulfide) groups is 2. The number of hydrogen-bond acceptors (Lipinski definition) is 6. The summed E-state index contributed by atoms with van der Waals surface area (Å²) in [4.78, 5) is 0. The van der Waals surface area contributed by atoms with Crippen LogP contribution in [-0.2, 0) is 13.6 Å². The van der Waals surface area contributed by atoms with Gasteiger partial charge in [0.05, 0.1) is 13.2 Å².